The number of benzene rings is 1. The SMILES string of the molecule is CCC(C(=O)O)n1cc(-c2nc(N3CCC(Oc4cc(F)ccc4Br)CC3)no2)cn1. The predicted octanol–water partition coefficient (Wildman–Crippen LogP) is 3.92. The maximum Gasteiger partial charge on any atom is 0.328 e. The van der Waals surface area contributed by atoms with Crippen LogP contribution in [0, 0.1) is 5.82 Å². The first-order chi connectivity index (χ1) is 14.9. The molecule has 1 aromatic carbocycles. The molecule has 3 aromatic rings. The van der Waals surface area contributed by atoms with Crippen LogP contribution in [0.1, 0.15) is 32.2 Å². The highest BCUT2D eigenvalue weighted by Crippen LogP contribution is 2.29. The van der Waals surface area contributed by atoms with Crippen molar-refractivity contribution in [3.63, 3.8) is 0 Å². The Labute approximate surface area is 185 Å². The van der Waals surface area contributed by atoms with E-state index in [-0.39, 0.29) is 17.8 Å². The van der Waals surface area contributed by atoms with Crippen LogP contribution in [0.15, 0.2) is 39.6 Å². The smallest absolute Gasteiger partial charge is 0.328 e. The molecule has 0 radical (unpaired) electrons. The summed E-state index contributed by atoms with van der Waals surface area (Å²) in [5.41, 5.74) is 0.563. The van der Waals surface area contributed by atoms with Gasteiger partial charge in [-0.25, -0.2) is 9.18 Å². The lowest BCUT2D eigenvalue weighted by molar-refractivity contribution is -0.141. The summed E-state index contributed by atoms with van der Waals surface area (Å²) in [6, 6.07) is 3.63. The van der Waals surface area contributed by atoms with Gasteiger partial charge in [0.2, 0.25) is 0 Å². The molecule has 11 heteroatoms. The molecule has 1 N–H and O–H groups in total. The maximum atomic E-state index is 13.5. The summed E-state index contributed by atoms with van der Waals surface area (Å²) in [5.74, 6) is -0.0587. The van der Waals surface area contributed by atoms with E-state index in [0.29, 0.717) is 41.2 Å². The summed E-state index contributed by atoms with van der Waals surface area (Å²) in [7, 11) is 0. The minimum atomic E-state index is -0.946. The number of nitrogens with zero attached hydrogens (tertiary/aromatic N) is 5. The number of piperidine rings is 1. The number of anilines is 1. The second kappa shape index (κ2) is 9.04. The molecule has 9 nitrogen and oxygen atoms in total. The van der Waals surface area contributed by atoms with E-state index in [9.17, 15) is 14.3 Å². The molecule has 4 rings (SSSR count). The first-order valence-electron chi connectivity index (χ1n) is 9.92. The van der Waals surface area contributed by atoms with Gasteiger partial charge >= 0.3 is 5.97 Å². The van der Waals surface area contributed by atoms with Crippen molar-refractivity contribution < 1.29 is 23.6 Å². The van der Waals surface area contributed by atoms with E-state index in [1.807, 2.05) is 4.90 Å². The zero-order valence-electron chi connectivity index (χ0n) is 16.7. The molecular formula is C20H21BrFN5O4. The molecule has 0 aliphatic carbocycles. The Morgan fingerprint density at radius 2 is 2.19 bits per heavy atom. The number of ether oxygens (including phenoxy) is 1. The highest BCUT2D eigenvalue weighted by Gasteiger charge is 2.25. The molecule has 31 heavy (non-hydrogen) atoms. The van der Waals surface area contributed by atoms with Gasteiger partial charge in [-0.05, 0) is 39.6 Å². The van der Waals surface area contributed by atoms with Crippen molar-refractivity contribution in [3.8, 4) is 17.2 Å². The van der Waals surface area contributed by atoms with Crippen LogP contribution in [-0.2, 0) is 4.79 Å². The fourth-order valence-corrected chi connectivity index (χ4v) is 3.82. The molecule has 164 valence electrons. The van der Waals surface area contributed by atoms with E-state index in [0.717, 1.165) is 12.8 Å². The Balaban J connectivity index is 1.38. The lowest BCUT2D eigenvalue weighted by Gasteiger charge is -2.31. The molecule has 2 aromatic heterocycles. The first kappa shape index (κ1) is 21.3. The molecule has 1 fully saturated rings. The van der Waals surface area contributed by atoms with Crippen molar-refractivity contribution in [2.75, 3.05) is 18.0 Å². The number of carboxylic acids is 1. The summed E-state index contributed by atoms with van der Waals surface area (Å²) >= 11 is 3.38. The second-order valence-corrected chi connectivity index (χ2v) is 8.10. The van der Waals surface area contributed by atoms with Gasteiger partial charge in [-0.2, -0.15) is 10.1 Å². The van der Waals surface area contributed by atoms with Crippen LogP contribution in [0.25, 0.3) is 11.5 Å². The van der Waals surface area contributed by atoms with Crippen molar-refractivity contribution in [2.24, 2.45) is 0 Å². The van der Waals surface area contributed by atoms with Crippen LogP contribution in [0.4, 0.5) is 10.3 Å². The second-order valence-electron chi connectivity index (χ2n) is 7.25. The fraction of sp³-hybridized carbons (Fsp3) is 0.400. The zero-order chi connectivity index (χ0) is 22.0. The number of rotatable bonds is 7. The molecule has 3 heterocycles. The van der Waals surface area contributed by atoms with Crippen LogP contribution in [0.5, 0.6) is 5.75 Å². The molecule has 0 amide bonds. The molecule has 1 aliphatic rings. The van der Waals surface area contributed by atoms with Crippen LogP contribution < -0.4 is 9.64 Å². The van der Waals surface area contributed by atoms with E-state index in [1.165, 1.54) is 23.0 Å². The van der Waals surface area contributed by atoms with Crippen LogP contribution >= 0.6 is 15.9 Å². The summed E-state index contributed by atoms with van der Waals surface area (Å²) in [6.45, 7) is 3.10. The van der Waals surface area contributed by atoms with Gasteiger partial charge in [-0.1, -0.05) is 6.92 Å². The van der Waals surface area contributed by atoms with Gasteiger partial charge in [-0.3, -0.25) is 4.68 Å². The Kier molecular flexibility index (Phi) is 6.21. The zero-order valence-corrected chi connectivity index (χ0v) is 18.3. The van der Waals surface area contributed by atoms with E-state index in [1.54, 1.807) is 19.2 Å². The molecule has 0 saturated carbocycles. The van der Waals surface area contributed by atoms with Crippen LogP contribution in [0.3, 0.4) is 0 Å². The van der Waals surface area contributed by atoms with Crippen LogP contribution in [-0.4, -0.2) is 50.2 Å². The maximum absolute atomic E-state index is 13.5. The Morgan fingerprint density at radius 3 is 2.90 bits per heavy atom. The number of carbonyl (C=O) groups is 1. The standard InChI is InChI=1S/C20H21BrFN5O4/c1-2-16(19(28)29)27-11-12(10-23-27)18-24-20(25-31-18)26-7-5-14(6-8-26)30-17-9-13(22)3-4-15(17)21/h3-4,9-11,14,16H,2,5-8H2,1H3,(H,28,29). The third-order valence-corrected chi connectivity index (χ3v) is 5.82. The third-order valence-electron chi connectivity index (χ3n) is 5.17. The minimum Gasteiger partial charge on any atom is -0.489 e. The largest absolute Gasteiger partial charge is 0.489 e. The van der Waals surface area contributed by atoms with Gasteiger partial charge in [0.05, 0.1) is 16.2 Å². The lowest BCUT2D eigenvalue weighted by Crippen LogP contribution is -2.38. The minimum absolute atomic E-state index is 0.0408. The van der Waals surface area contributed by atoms with Gasteiger partial charge in [0.15, 0.2) is 0 Å². The molecule has 1 atom stereocenters. The van der Waals surface area contributed by atoms with E-state index in [4.69, 9.17) is 9.26 Å². The van der Waals surface area contributed by atoms with Crippen LogP contribution in [0.2, 0.25) is 0 Å². The number of halogens is 2. The van der Waals surface area contributed by atoms with Crippen molar-refractivity contribution in [1.29, 1.82) is 0 Å². The number of aliphatic carboxylic acids is 1. The summed E-state index contributed by atoms with van der Waals surface area (Å²) in [4.78, 5) is 17.7. The molecule has 1 aliphatic heterocycles. The van der Waals surface area contributed by atoms with Crippen molar-refractivity contribution >= 4 is 27.8 Å². The highest BCUT2D eigenvalue weighted by atomic mass is 79.9. The van der Waals surface area contributed by atoms with Gasteiger partial charge in [0.1, 0.15) is 23.7 Å². The van der Waals surface area contributed by atoms with E-state index in [2.05, 4.69) is 31.2 Å². The van der Waals surface area contributed by atoms with Crippen molar-refractivity contribution in [3.05, 3.63) is 40.9 Å². The van der Waals surface area contributed by atoms with Gasteiger partial charge in [-0.15, -0.1) is 0 Å². The van der Waals surface area contributed by atoms with E-state index >= 15 is 0 Å². The Bertz CT molecular complexity index is 1060. The van der Waals surface area contributed by atoms with Crippen molar-refractivity contribution in [2.45, 2.75) is 38.3 Å². The summed E-state index contributed by atoms with van der Waals surface area (Å²) < 4.78 is 26.9. The third kappa shape index (κ3) is 4.71. The van der Waals surface area contributed by atoms with Crippen molar-refractivity contribution in [1.82, 2.24) is 19.9 Å². The lowest BCUT2D eigenvalue weighted by atomic mass is 10.1. The average Bonchev–Trinajstić information content (AvgIpc) is 3.42. The predicted molar refractivity (Wildman–Crippen MR) is 112 cm³/mol. The summed E-state index contributed by atoms with van der Waals surface area (Å²) in [6.07, 6.45) is 4.93. The first-order valence-corrected chi connectivity index (χ1v) is 10.7. The monoisotopic (exact) mass is 493 g/mol. The van der Waals surface area contributed by atoms with E-state index < -0.39 is 12.0 Å². The number of aromatic nitrogens is 4. The van der Waals surface area contributed by atoms with Gasteiger partial charge in [0.25, 0.3) is 11.8 Å². The van der Waals surface area contributed by atoms with Gasteiger partial charge in [0, 0.05) is 38.2 Å². The number of hydrogen-bond acceptors (Lipinski definition) is 7. The number of hydrogen-bond donors (Lipinski definition) is 1. The molecular weight excluding hydrogens is 473 g/mol. The average molecular weight is 494 g/mol. The fourth-order valence-electron chi connectivity index (χ4n) is 3.48. The topological polar surface area (TPSA) is 107 Å². The normalized spacial score (nSPS) is 15.8. The molecule has 1 saturated heterocycles. The summed E-state index contributed by atoms with van der Waals surface area (Å²) in [5, 5.41) is 17.4. The molecule has 0 spiro atoms. The Hall–Kier alpha value is -2.95. The molecule has 0 bridgehead atoms. The quantitative estimate of drug-likeness (QED) is 0.527. The molecule has 1 unspecified atom stereocenters. The highest BCUT2D eigenvalue weighted by molar-refractivity contribution is 9.10. The Morgan fingerprint density at radius 1 is 1.42 bits per heavy atom. The van der Waals surface area contributed by atoms with Gasteiger partial charge < -0.3 is 19.3 Å². The number of carboxylic acid groups (broad SMARTS) is 1.